The van der Waals surface area contributed by atoms with Crippen LogP contribution in [-0.2, 0) is 0 Å². The van der Waals surface area contributed by atoms with Crippen molar-refractivity contribution in [3.8, 4) is 11.3 Å². The molecule has 0 aliphatic rings. The molecule has 0 unspecified atom stereocenters. The molecule has 4 nitrogen and oxygen atoms in total. The summed E-state index contributed by atoms with van der Waals surface area (Å²) < 4.78 is 18.3. The average molecular weight is 343 g/mol. The predicted octanol–water partition coefficient (Wildman–Crippen LogP) is 4.50. The number of hydrogen-bond donors (Lipinski definition) is 1. The number of rotatable bonds is 4. The van der Waals surface area contributed by atoms with Gasteiger partial charge >= 0.3 is 0 Å². The summed E-state index contributed by atoms with van der Waals surface area (Å²) in [5.41, 5.74) is 4.07. The highest BCUT2D eigenvalue weighted by Gasteiger charge is 2.09. The minimum atomic E-state index is -0.450. The van der Waals surface area contributed by atoms with E-state index >= 15 is 0 Å². The molecule has 0 saturated heterocycles. The van der Waals surface area contributed by atoms with Crippen molar-refractivity contribution in [3.63, 3.8) is 0 Å². The largest absolute Gasteiger partial charge is 0.444 e. The van der Waals surface area contributed by atoms with Crippen molar-refractivity contribution < 1.29 is 13.6 Å². The van der Waals surface area contributed by atoms with Gasteiger partial charge < -0.3 is 4.42 Å². The van der Waals surface area contributed by atoms with Gasteiger partial charge in [0.15, 0.2) is 0 Å². The summed E-state index contributed by atoms with van der Waals surface area (Å²) in [4.78, 5) is 11.9. The second kappa shape index (κ2) is 7.10. The summed E-state index contributed by atoms with van der Waals surface area (Å²) in [5.74, 6) is -0.255. The molecule has 2 aromatic carbocycles. The quantitative estimate of drug-likeness (QED) is 0.560. The number of hydrogen-bond acceptors (Lipinski definition) is 3. The molecule has 6 heteroatoms. The third-order valence-electron chi connectivity index (χ3n) is 3.25. The number of carbonyl (C=O) groups excluding carboxylic acids is 1. The Balaban J connectivity index is 1.70. The van der Waals surface area contributed by atoms with Crippen molar-refractivity contribution in [1.82, 2.24) is 5.43 Å². The normalized spacial score (nSPS) is 10.9. The summed E-state index contributed by atoms with van der Waals surface area (Å²) in [6.45, 7) is 0. The first-order valence-corrected chi connectivity index (χ1v) is 7.45. The number of hydrazone groups is 1. The van der Waals surface area contributed by atoms with Gasteiger partial charge in [0.25, 0.3) is 5.91 Å². The van der Waals surface area contributed by atoms with E-state index in [1.807, 2.05) is 30.3 Å². The van der Waals surface area contributed by atoms with Gasteiger partial charge in [0, 0.05) is 11.1 Å². The molecule has 120 valence electrons. The number of halogens is 2. The van der Waals surface area contributed by atoms with E-state index in [1.54, 1.807) is 6.07 Å². The molecule has 0 bridgehead atoms. The summed E-state index contributed by atoms with van der Waals surface area (Å²) in [7, 11) is 0. The lowest BCUT2D eigenvalue weighted by atomic mass is 10.1. The van der Waals surface area contributed by atoms with Gasteiger partial charge in [-0.15, -0.1) is 0 Å². The molecule has 3 rings (SSSR count). The molecule has 1 N–H and O–H groups in total. The molecule has 0 radical (unpaired) electrons. The van der Waals surface area contributed by atoms with Crippen LogP contribution < -0.4 is 5.43 Å². The van der Waals surface area contributed by atoms with Crippen molar-refractivity contribution in [2.45, 2.75) is 0 Å². The maximum Gasteiger partial charge on any atom is 0.271 e. The Bertz CT molecular complexity index is 874. The van der Waals surface area contributed by atoms with E-state index in [0.29, 0.717) is 16.9 Å². The van der Waals surface area contributed by atoms with Gasteiger partial charge in [-0.05, 0) is 41.9 Å². The van der Waals surface area contributed by atoms with Crippen LogP contribution in [0, 0.1) is 5.82 Å². The fraction of sp³-hybridized carbons (Fsp3) is 0. The van der Waals surface area contributed by atoms with Crippen LogP contribution >= 0.6 is 11.6 Å². The lowest BCUT2D eigenvalue weighted by molar-refractivity contribution is 0.0955. The zero-order chi connectivity index (χ0) is 16.9. The fourth-order valence-electron chi connectivity index (χ4n) is 2.04. The third-order valence-corrected chi connectivity index (χ3v) is 3.54. The number of amides is 1. The van der Waals surface area contributed by atoms with Crippen LogP contribution in [0.1, 0.15) is 15.9 Å². The smallest absolute Gasteiger partial charge is 0.271 e. The van der Waals surface area contributed by atoms with E-state index in [9.17, 15) is 9.18 Å². The van der Waals surface area contributed by atoms with E-state index in [0.717, 1.165) is 5.56 Å². The third kappa shape index (κ3) is 3.70. The monoisotopic (exact) mass is 342 g/mol. The SMILES string of the molecule is O=C(N/N=C\c1cc(-c2ccccc2)oc1Cl)c1ccc(F)cc1. The van der Waals surface area contributed by atoms with Gasteiger partial charge in [0.2, 0.25) is 5.22 Å². The molecule has 3 aromatic rings. The first kappa shape index (κ1) is 16.0. The average Bonchev–Trinajstić information content (AvgIpc) is 2.97. The summed E-state index contributed by atoms with van der Waals surface area (Å²) >= 11 is 6.03. The molecular formula is C18H12ClFN2O2. The van der Waals surface area contributed by atoms with Gasteiger partial charge in [-0.2, -0.15) is 5.10 Å². The molecule has 0 atom stereocenters. The van der Waals surface area contributed by atoms with Crippen molar-refractivity contribution >= 4 is 23.7 Å². The fourth-order valence-corrected chi connectivity index (χ4v) is 2.23. The van der Waals surface area contributed by atoms with Crippen LogP contribution in [0.3, 0.4) is 0 Å². The van der Waals surface area contributed by atoms with Crippen molar-refractivity contribution in [2.24, 2.45) is 5.10 Å². The van der Waals surface area contributed by atoms with E-state index < -0.39 is 11.7 Å². The molecule has 0 saturated carbocycles. The summed E-state index contributed by atoms with van der Waals surface area (Å²) in [6.07, 6.45) is 1.39. The number of furan rings is 1. The molecule has 1 aromatic heterocycles. The maximum absolute atomic E-state index is 12.8. The molecule has 24 heavy (non-hydrogen) atoms. The highest BCUT2D eigenvalue weighted by molar-refractivity contribution is 6.31. The Hall–Kier alpha value is -2.92. The Kier molecular flexibility index (Phi) is 4.72. The van der Waals surface area contributed by atoms with Crippen LogP contribution in [0.4, 0.5) is 4.39 Å². The molecule has 0 aliphatic carbocycles. The van der Waals surface area contributed by atoms with Crippen LogP contribution in [0.5, 0.6) is 0 Å². The van der Waals surface area contributed by atoms with Gasteiger partial charge in [-0.1, -0.05) is 30.3 Å². The van der Waals surface area contributed by atoms with Gasteiger partial charge in [0.1, 0.15) is 11.6 Å². The second-order valence-electron chi connectivity index (χ2n) is 4.91. The van der Waals surface area contributed by atoms with Crippen LogP contribution in [0.25, 0.3) is 11.3 Å². The minimum Gasteiger partial charge on any atom is -0.444 e. The van der Waals surface area contributed by atoms with E-state index in [-0.39, 0.29) is 5.22 Å². The summed E-state index contributed by atoms with van der Waals surface area (Å²) in [6, 6.07) is 16.4. The Labute approximate surface area is 142 Å². The van der Waals surface area contributed by atoms with E-state index in [2.05, 4.69) is 10.5 Å². The zero-order valence-corrected chi connectivity index (χ0v) is 13.1. The van der Waals surface area contributed by atoms with Crippen LogP contribution in [0.2, 0.25) is 5.22 Å². The van der Waals surface area contributed by atoms with Gasteiger partial charge in [-0.25, -0.2) is 9.82 Å². The Morgan fingerprint density at radius 2 is 1.83 bits per heavy atom. The molecule has 0 aliphatic heterocycles. The lowest BCUT2D eigenvalue weighted by Gasteiger charge is -1.98. The standard InChI is InChI=1S/C18H12ClFN2O2/c19-17-14(10-16(24-17)12-4-2-1-3-5-12)11-21-22-18(23)13-6-8-15(20)9-7-13/h1-11H,(H,22,23)/b21-11-. The topological polar surface area (TPSA) is 54.6 Å². The highest BCUT2D eigenvalue weighted by Crippen LogP contribution is 2.27. The highest BCUT2D eigenvalue weighted by atomic mass is 35.5. The molecule has 0 fully saturated rings. The van der Waals surface area contributed by atoms with E-state index in [1.165, 1.54) is 30.5 Å². The van der Waals surface area contributed by atoms with Crippen molar-refractivity contribution in [1.29, 1.82) is 0 Å². The number of benzene rings is 2. The maximum atomic E-state index is 12.8. The van der Waals surface area contributed by atoms with Gasteiger partial charge in [-0.3, -0.25) is 4.79 Å². The molecule has 1 heterocycles. The van der Waals surface area contributed by atoms with E-state index in [4.69, 9.17) is 16.0 Å². The lowest BCUT2D eigenvalue weighted by Crippen LogP contribution is -2.17. The molecular weight excluding hydrogens is 331 g/mol. The summed E-state index contributed by atoms with van der Waals surface area (Å²) in [5, 5.41) is 4.02. The Morgan fingerprint density at radius 3 is 2.54 bits per heavy atom. The second-order valence-corrected chi connectivity index (χ2v) is 5.26. The minimum absolute atomic E-state index is 0.175. The van der Waals surface area contributed by atoms with Crippen LogP contribution in [0.15, 0.2) is 70.2 Å². The first-order valence-electron chi connectivity index (χ1n) is 7.07. The number of carbonyl (C=O) groups is 1. The van der Waals surface area contributed by atoms with Crippen LogP contribution in [-0.4, -0.2) is 12.1 Å². The van der Waals surface area contributed by atoms with Crippen molar-refractivity contribution in [3.05, 3.63) is 82.8 Å². The Morgan fingerprint density at radius 1 is 1.12 bits per heavy atom. The first-order chi connectivity index (χ1) is 11.6. The van der Waals surface area contributed by atoms with Gasteiger partial charge in [0.05, 0.1) is 11.8 Å². The van der Waals surface area contributed by atoms with Crippen molar-refractivity contribution in [2.75, 3.05) is 0 Å². The number of nitrogens with one attached hydrogen (secondary N) is 1. The molecule has 0 spiro atoms. The molecule has 1 amide bonds. The predicted molar refractivity (Wildman–Crippen MR) is 90.6 cm³/mol. The number of nitrogens with zero attached hydrogens (tertiary/aromatic N) is 1. The zero-order valence-electron chi connectivity index (χ0n) is 12.4.